The van der Waals surface area contributed by atoms with Crippen molar-refractivity contribution in [2.75, 3.05) is 28.2 Å². The van der Waals surface area contributed by atoms with Gasteiger partial charge >= 0.3 is 6.03 Å². The molecule has 0 aliphatic carbocycles. The highest BCUT2D eigenvalue weighted by Crippen LogP contribution is 2.33. The summed E-state index contributed by atoms with van der Waals surface area (Å²) in [6.07, 6.45) is 1.70. The van der Waals surface area contributed by atoms with E-state index in [0.717, 1.165) is 22.5 Å². The molecule has 0 atom stereocenters. The van der Waals surface area contributed by atoms with Gasteiger partial charge in [0.25, 0.3) is 5.56 Å². The first kappa shape index (κ1) is 22.3. The molecule has 1 saturated heterocycles. The van der Waals surface area contributed by atoms with E-state index in [4.69, 9.17) is 0 Å². The molecule has 35 heavy (non-hydrogen) atoms. The number of amides is 2. The summed E-state index contributed by atoms with van der Waals surface area (Å²) in [5, 5.41) is 3.10. The lowest BCUT2D eigenvalue weighted by atomic mass is 10.0. The van der Waals surface area contributed by atoms with Gasteiger partial charge in [0.15, 0.2) is 5.82 Å². The molecular weight excluding hydrogens is 445 g/mol. The van der Waals surface area contributed by atoms with Gasteiger partial charge in [-0.15, -0.1) is 0 Å². The van der Waals surface area contributed by atoms with E-state index in [1.165, 1.54) is 16.7 Å². The van der Waals surface area contributed by atoms with Crippen molar-refractivity contribution in [3.8, 4) is 11.3 Å². The minimum Gasteiger partial charge on any atom is -0.336 e. The number of para-hydroxylation sites is 1. The average Bonchev–Trinajstić information content (AvgIpc) is 3.24. The molecule has 0 radical (unpaired) electrons. The van der Waals surface area contributed by atoms with E-state index in [0.29, 0.717) is 24.5 Å². The van der Waals surface area contributed by atoms with Gasteiger partial charge in [-0.25, -0.2) is 14.2 Å². The molecule has 8 heteroatoms. The summed E-state index contributed by atoms with van der Waals surface area (Å²) >= 11 is 0. The highest BCUT2D eigenvalue weighted by molar-refractivity contribution is 6.06. The van der Waals surface area contributed by atoms with Gasteiger partial charge in [-0.05, 0) is 55.0 Å². The Morgan fingerprint density at radius 3 is 2.34 bits per heavy atom. The second-order valence-corrected chi connectivity index (χ2v) is 8.39. The van der Waals surface area contributed by atoms with Crippen LogP contribution in [0, 0.1) is 12.7 Å². The Hall–Kier alpha value is -4.46. The van der Waals surface area contributed by atoms with Gasteiger partial charge in [0.2, 0.25) is 0 Å². The summed E-state index contributed by atoms with van der Waals surface area (Å²) < 4.78 is 14.8. The van der Waals surface area contributed by atoms with Crippen LogP contribution >= 0.6 is 0 Å². The lowest BCUT2D eigenvalue weighted by Crippen LogP contribution is -2.32. The third-order valence-electron chi connectivity index (χ3n) is 6.13. The molecule has 5 rings (SSSR count). The van der Waals surface area contributed by atoms with Gasteiger partial charge in [-0.3, -0.25) is 14.6 Å². The summed E-state index contributed by atoms with van der Waals surface area (Å²) in [7, 11) is 1.69. The number of hydrogen-bond acceptors (Lipinski definition) is 4. The van der Waals surface area contributed by atoms with E-state index in [9.17, 15) is 14.0 Å². The van der Waals surface area contributed by atoms with Crippen LogP contribution in [0.1, 0.15) is 5.56 Å². The van der Waals surface area contributed by atoms with Crippen molar-refractivity contribution in [2.45, 2.75) is 6.92 Å². The van der Waals surface area contributed by atoms with E-state index >= 15 is 0 Å². The summed E-state index contributed by atoms with van der Waals surface area (Å²) in [6.45, 7) is 2.94. The van der Waals surface area contributed by atoms with E-state index in [1.54, 1.807) is 35.2 Å². The normalized spacial score (nSPS) is 13.4. The highest BCUT2D eigenvalue weighted by atomic mass is 19.1. The van der Waals surface area contributed by atoms with Gasteiger partial charge in [-0.2, -0.15) is 0 Å². The molecule has 7 nitrogen and oxygen atoms in total. The zero-order valence-corrected chi connectivity index (χ0v) is 19.4. The predicted molar refractivity (Wildman–Crippen MR) is 136 cm³/mol. The molecule has 1 aliphatic heterocycles. The lowest BCUT2D eigenvalue weighted by Gasteiger charge is -2.22. The first-order valence-electron chi connectivity index (χ1n) is 11.3. The van der Waals surface area contributed by atoms with Crippen molar-refractivity contribution in [3.05, 3.63) is 101 Å². The molecular formula is C27H24FN5O2. The second kappa shape index (κ2) is 9.06. The zero-order chi connectivity index (χ0) is 24.5. The van der Waals surface area contributed by atoms with Crippen LogP contribution in [-0.2, 0) is 7.05 Å². The molecule has 4 aromatic rings. The fraction of sp³-hybridized carbons (Fsp3) is 0.148. The van der Waals surface area contributed by atoms with Crippen LogP contribution in [0.5, 0.6) is 0 Å². The summed E-state index contributed by atoms with van der Waals surface area (Å²) in [6, 6.07) is 20.8. The van der Waals surface area contributed by atoms with Gasteiger partial charge in [0.1, 0.15) is 5.82 Å². The number of carbonyl (C=O) groups excluding carboxylic acids is 1. The number of aromatic nitrogens is 2. The Morgan fingerprint density at radius 1 is 0.886 bits per heavy atom. The van der Waals surface area contributed by atoms with Crippen molar-refractivity contribution in [2.24, 2.45) is 7.05 Å². The number of rotatable bonds is 5. The summed E-state index contributed by atoms with van der Waals surface area (Å²) in [4.78, 5) is 33.9. The van der Waals surface area contributed by atoms with Crippen LogP contribution in [0.25, 0.3) is 11.3 Å². The van der Waals surface area contributed by atoms with Gasteiger partial charge < -0.3 is 9.88 Å². The van der Waals surface area contributed by atoms with Gasteiger partial charge in [-0.1, -0.05) is 30.3 Å². The summed E-state index contributed by atoms with van der Waals surface area (Å²) in [5.74, 6) is -0.118. The molecule has 0 spiro atoms. The lowest BCUT2D eigenvalue weighted by molar-refractivity contribution is 0.256. The molecule has 1 aliphatic rings. The maximum atomic E-state index is 13.3. The first-order valence-corrected chi connectivity index (χ1v) is 11.3. The van der Waals surface area contributed by atoms with Crippen molar-refractivity contribution in [1.82, 2.24) is 9.55 Å². The number of nitrogens with one attached hydrogen (secondary N) is 1. The van der Waals surface area contributed by atoms with Crippen LogP contribution in [0.15, 0.2) is 83.8 Å². The van der Waals surface area contributed by atoms with Crippen molar-refractivity contribution >= 4 is 28.9 Å². The van der Waals surface area contributed by atoms with E-state index in [-0.39, 0.29) is 23.2 Å². The molecule has 0 unspecified atom stereocenters. The van der Waals surface area contributed by atoms with Crippen molar-refractivity contribution < 1.29 is 9.18 Å². The topological polar surface area (TPSA) is 70.5 Å². The monoisotopic (exact) mass is 469 g/mol. The van der Waals surface area contributed by atoms with Crippen molar-refractivity contribution in [1.29, 1.82) is 0 Å². The Balaban J connectivity index is 1.49. The van der Waals surface area contributed by atoms with Gasteiger partial charge in [0, 0.05) is 49.0 Å². The zero-order valence-electron chi connectivity index (χ0n) is 19.4. The minimum atomic E-state index is -0.341. The van der Waals surface area contributed by atoms with Crippen LogP contribution in [-0.4, -0.2) is 28.7 Å². The number of aryl methyl sites for hydroxylation is 1. The number of anilines is 4. The SMILES string of the molecule is Cc1c(-c2cn(C)c(=O)c(Nc3ccccc3)n2)cccc1N1CCN(c2ccc(F)cc2)C1=O. The Labute approximate surface area is 202 Å². The smallest absolute Gasteiger partial charge is 0.329 e. The number of urea groups is 1. The van der Waals surface area contributed by atoms with Crippen LogP contribution in [0.4, 0.5) is 32.1 Å². The van der Waals surface area contributed by atoms with Crippen LogP contribution in [0.2, 0.25) is 0 Å². The second-order valence-electron chi connectivity index (χ2n) is 8.39. The Kier molecular flexibility index (Phi) is 5.78. The number of halogens is 1. The molecule has 1 N–H and O–H groups in total. The predicted octanol–water partition coefficient (Wildman–Crippen LogP) is 5.09. The molecule has 1 fully saturated rings. The largest absolute Gasteiger partial charge is 0.336 e. The molecule has 2 heterocycles. The van der Waals surface area contributed by atoms with E-state index in [2.05, 4.69) is 10.3 Å². The quantitative estimate of drug-likeness (QED) is 0.442. The standard InChI is InChI=1S/C27H24FN5O2/c1-18-22(23-17-31(2)26(34)25(30-23)29-20-7-4-3-5-8-20)9-6-10-24(18)33-16-15-32(27(33)35)21-13-11-19(28)12-14-21/h3-14,17H,15-16H2,1-2H3,(H,29,30). The van der Waals surface area contributed by atoms with E-state index < -0.39 is 0 Å². The fourth-order valence-electron chi connectivity index (χ4n) is 4.29. The minimum absolute atomic E-state index is 0.170. The molecule has 176 valence electrons. The fourth-order valence-corrected chi connectivity index (χ4v) is 4.29. The molecule has 2 amide bonds. The molecule has 0 saturated carbocycles. The average molecular weight is 470 g/mol. The number of hydrogen-bond donors (Lipinski definition) is 1. The number of nitrogens with zero attached hydrogens (tertiary/aromatic N) is 4. The number of carbonyl (C=O) groups is 1. The Morgan fingerprint density at radius 2 is 1.60 bits per heavy atom. The molecule has 0 bridgehead atoms. The number of benzene rings is 3. The third kappa shape index (κ3) is 4.26. The highest BCUT2D eigenvalue weighted by Gasteiger charge is 2.32. The maximum absolute atomic E-state index is 13.3. The van der Waals surface area contributed by atoms with Crippen molar-refractivity contribution in [3.63, 3.8) is 0 Å². The van der Waals surface area contributed by atoms with Crippen LogP contribution < -0.4 is 20.7 Å². The molecule has 1 aromatic heterocycles. The Bertz CT molecular complexity index is 1450. The third-order valence-corrected chi connectivity index (χ3v) is 6.13. The van der Waals surface area contributed by atoms with E-state index in [1.807, 2.05) is 55.5 Å². The summed E-state index contributed by atoms with van der Waals surface area (Å²) in [5.41, 5.74) is 4.27. The maximum Gasteiger partial charge on any atom is 0.329 e. The van der Waals surface area contributed by atoms with Gasteiger partial charge in [0.05, 0.1) is 5.69 Å². The molecule has 3 aromatic carbocycles. The first-order chi connectivity index (χ1) is 16.9. The van der Waals surface area contributed by atoms with Crippen LogP contribution in [0.3, 0.4) is 0 Å².